The maximum Gasteiger partial charge on any atom is 0.410 e. The maximum atomic E-state index is 11.9. The molecule has 1 saturated heterocycles. The lowest BCUT2D eigenvalue weighted by Gasteiger charge is -2.40. The van der Waals surface area contributed by atoms with Gasteiger partial charge in [0.05, 0.1) is 16.7 Å². The number of aromatic nitrogens is 1. The molecule has 140 valence electrons. The third-order valence-corrected chi connectivity index (χ3v) is 4.72. The first-order valence-corrected chi connectivity index (χ1v) is 9.57. The van der Waals surface area contributed by atoms with Crippen LogP contribution in [0.2, 0.25) is 0 Å². The van der Waals surface area contributed by atoms with Crippen LogP contribution in [0.15, 0.2) is 10.4 Å². The molecule has 2 heterocycles. The fourth-order valence-electron chi connectivity index (χ4n) is 2.37. The van der Waals surface area contributed by atoms with Crippen molar-refractivity contribution in [2.24, 2.45) is 4.99 Å². The second-order valence-electron chi connectivity index (χ2n) is 7.06. The molecule has 1 amide bonds. The third kappa shape index (κ3) is 6.19. The van der Waals surface area contributed by atoms with Gasteiger partial charge in [0.15, 0.2) is 5.96 Å². The quantitative estimate of drug-likeness (QED) is 0.615. The molecule has 2 rings (SSSR count). The van der Waals surface area contributed by atoms with E-state index >= 15 is 0 Å². The molecule has 1 aromatic heterocycles. The number of nitrogens with one attached hydrogen (secondary N) is 2. The Morgan fingerprint density at radius 1 is 1.48 bits per heavy atom. The first-order chi connectivity index (χ1) is 11.8. The standard InChI is InChI=1S/C17H29N5O2S/c1-6-14-20-12(11-25-14)7-8-19-15(18-5)21-13-9-22(10-13)16(23)24-17(2,3)4/h11,13H,6-10H2,1-5H3,(H2,18,19,21). The Bertz CT molecular complexity index is 602. The number of aliphatic imine (C=N–C) groups is 1. The van der Waals surface area contributed by atoms with E-state index in [-0.39, 0.29) is 12.1 Å². The van der Waals surface area contributed by atoms with E-state index in [9.17, 15) is 4.79 Å². The van der Waals surface area contributed by atoms with Gasteiger partial charge < -0.3 is 20.3 Å². The van der Waals surface area contributed by atoms with Gasteiger partial charge in [-0.15, -0.1) is 11.3 Å². The number of carbonyl (C=O) groups excluding carboxylic acids is 1. The van der Waals surface area contributed by atoms with Crippen LogP contribution in [0.3, 0.4) is 0 Å². The lowest BCUT2D eigenvalue weighted by molar-refractivity contribution is 0.00701. The van der Waals surface area contributed by atoms with Gasteiger partial charge in [-0.25, -0.2) is 9.78 Å². The number of likely N-dealkylation sites (tertiary alicyclic amines) is 1. The van der Waals surface area contributed by atoms with E-state index in [2.05, 4.69) is 32.9 Å². The first-order valence-electron chi connectivity index (χ1n) is 8.69. The van der Waals surface area contributed by atoms with E-state index in [1.165, 1.54) is 5.01 Å². The first kappa shape index (κ1) is 19.5. The zero-order chi connectivity index (χ0) is 18.4. The maximum absolute atomic E-state index is 11.9. The van der Waals surface area contributed by atoms with E-state index in [0.717, 1.165) is 31.0 Å². The average Bonchev–Trinajstić information content (AvgIpc) is 2.94. The molecule has 1 fully saturated rings. The van der Waals surface area contributed by atoms with E-state index in [0.29, 0.717) is 13.1 Å². The Morgan fingerprint density at radius 3 is 2.76 bits per heavy atom. The number of thiazole rings is 1. The summed E-state index contributed by atoms with van der Waals surface area (Å²) in [5.74, 6) is 0.750. The smallest absolute Gasteiger partial charge is 0.410 e. The Kier molecular flexibility index (Phi) is 6.64. The van der Waals surface area contributed by atoms with Gasteiger partial charge in [0.2, 0.25) is 0 Å². The van der Waals surface area contributed by atoms with Crippen LogP contribution >= 0.6 is 11.3 Å². The highest BCUT2D eigenvalue weighted by Gasteiger charge is 2.34. The summed E-state index contributed by atoms with van der Waals surface area (Å²) in [6, 6.07) is 0.199. The van der Waals surface area contributed by atoms with Gasteiger partial charge in [-0.2, -0.15) is 0 Å². The summed E-state index contributed by atoms with van der Waals surface area (Å²) >= 11 is 1.71. The fourth-order valence-corrected chi connectivity index (χ4v) is 3.15. The molecule has 0 bridgehead atoms. The molecule has 7 nitrogen and oxygen atoms in total. The molecule has 25 heavy (non-hydrogen) atoms. The van der Waals surface area contributed by atoms with Crippen LogP contribution in [0.4, 0.5) is 4.79 Å². The fraction of sp³-hybridized carbons (Fsp3) is 0.706. The molecule has 1 aliphatic rings. The van der Waals surface area contributed by atoms with E-state index in [1.807, 2.05) is 20.8 Å². The van der Waals surface area contributed by atoms with Gasteiger partial charge in [0.1, 0.15) is 5.60 Å². The number of carbonyl (C=O) groups is 1. The van der Waals surface area contributed by atoms with Crippen LogP contribution in [-0.2, 0) is 17.6 Å². The molecular formula is C17H29N5O2S. The minimum Gasteiger partial charge on any atom is -0.444 e. The van der Waals surface area contributed by atoms with Crippen molar-refractivity contribution in [1.29, 1.82) is 0 Å². The molecule has 0 unspecified atom stereocenters. The number of hydrogen-bond acceptors (Lipinski definition) is 5. The number of ether oxygens (including phenoxy) is 1. The molecule has 0 spiro atoms. The molecular weight excluding hydrogens is 338 g/mol. The summed E-state index contributed by atoms with van der Waals surface area (Å²) in [6.45, 7) is 9.76. The van der Waals surface area contributed by atoms with Gasteiger partial charge >= 0.3 is 6.09 Å². The van der Waals surface area contributed by atoms with Crippen molar-refractivity contribution in [2.75, 3.05) is 26.7 Å². The summed E-state index contributed by atoms with van der Waals surface area (Å²) < 4.78 is 5.35. The van der Waals surface area contributed by atoms with Crippen molar-refractivity contribution in [1.82, 2.24) is 20.5 Å². The van der Waals surface area contributed by atoms with Crippen LogP contribution < -0.4 is 10.6 Å². The zero-order valence-electron chi connectivity index (χ0n) is 15.8. The highest BCUT2D eigenvalue weighted by Crippen LogP contribution is 2.15. The zero-order valence-corrected chi connectivity index (χ0v) is 16.6. The minimum atomic E-state index is -0.458. The lowest BCUT2D eigenvalue weighted by Crippen LogP contribution is -2.63. The summed E-state index contributed by atoms with van der Waals surface area (Å²) in [5, 5.41) is 9.91. The van der Waals surface area contributed by atoms with Crippen molar-refractivity contribution >= 4 is 23.4 Å². The summed E-state index contributed by atoms with van der Waals surface area (Å²) in [6.07, 6.45) is 1.59. The topological polar surface area (TPSA) is 78.9 Å². The average molecular weight is 368 g/mol. The van der Waals surface area contributed by atoms with Crippen LogP contribution in [0.25, 0.3) is 0 Å². The number of guanidine groups is 1. The summed E-state index contributed by atoms with van der Waals surface area (Å²) in [7, 11) is 1.75. The van der Waals surface area contributed by atoms with Crippen LogP contribution in [0.1, 0.15) is 38.4 Å². The molecule has 0 atom stereocenters. The second-order valence-corrected chi connectivity index (χ2v) is 8.00. The normalized spacial score (nSPS) is 15.7. The summed E-state index contributed by atoms with van der Waals surface area (Å²) in [4.78, 5) is 22.4. The van der Waals surface area contributed by atoms with E-state index in [1.54, 1.807) is 23.3 Å². The second kappa shape index (κ2) is 8.51. The van der Waals surface area contributed by atoms with Crippen molar-refractivity contribution in [3.05, 3.63) is 16.1 Å². The third-order valence-electron chi connectivity index (χ3n) is 3.67. The highest BCUT2D eigenvalue weighted by molar-refractivity contribution is 7.09. The van der Waals surface area contributed by atoms with Gasteiger partial charge in [-0.05, 0) is 27.2 Å². The molecule has 1 aliphatic heterocycles. The van der Waals surface area contributed by atoms with E-state index in [4.69, 9.17) is 4.74 Å². The van der Waals surface area contributed by atoms with Crippen molar-refractivity contribution < 1.29 is 9.53 Å². The molecule has 2 N–H and O–H groups in total. The molecule has 0 aromatic carbocycles. The molecule has 8 heteroatoms. The summed E-state index contributed by atoms with van der Waals surface area (Å²) in [5.41, 5.74) is 0.658. The Morgan fingerprint density at radius 2 is 2.20 bits per heavy atom. The number of aryl methyl sites for hydroxylation is 1. The number of hydrogen-bond donors (Lipinski definition) is 2. The van der Waals surface area contributed by atoms with Gasteiger partial charge in [0, 0.05) is 38.5 Å². The van der Waals surface area contributed by atoms with Crippen molar-refractivity contribution in [2.45, 2.75) is 52.2 Å². The molecule has 0 aliphatic carbocycles. The Balaban J connectivity index is 1.67. The monoisotopic (exact) mass is 367 g/mol. The van der Waals surface area contributed by atoms with Crippen LogP contribution in [-0.4, -0.2) is 60.3 Å². The number of rotatable bonds is 5. The highest BCUT2D eigenvalue weighted by atomic mass is 32.1. The van der Waals surface area contributed by atoms with Crippen LogP contribution in [0, 0.1) is 0 Å². The number of nitrogens with zero attached hydrogens (tertiary/aromatic N) is 3. The Labute approximate surface area is 153 Å². The Hall–Kier alpha value is -1.83. The lowest BCUT2D eigenvalue weighted by atomic mass is 10.1. The number of amides is 1. The van der Waals surface area contributed by atoms with Crippen molar-refractivity contribution in [3.8, 4) is 0 Å². The van der Waals surface area contributed by atoms with Crippen LogP contribution in [0.5, 0.6) is 0 Å². The van der Waals surface area contributed by atoms with Crippen molar-refractivity contribution in [3.63, 3.8) is 0 Å². The minimum absolute atomic E-state index is 0.199. The predicted octanol–water partition coefficient (Wildman–Crippen LogP) is 2.03. The van der Waals surface area contributed by atoms with Gasteiger partial charge in [-0.1, -0.05) is 6.92 Å². The SMILES string of the molecule is CCc1nc(CCNC(=NC)NC2CN(C(=O)OC(C)(C)C)C2)cs1. The molecule has 0 saturated carbocycles. The molecule has 1 aromatic rings. The van der Waals surface area contributed by atoms with E-state index < -0.39 is 5.60 Å². The van der Waals surface area contributed by atoms with Gasteiger partial charge in [-0.3, -0.25) is 4.99 Å². The predicted molar refractivity (Wildman–Crippen MR) is 101 cm³/mol. The van der Waals surface area contributed by atoms with Gasteiger partial charge in [0.25, 0.3) is 0 Å². The molecule has 0 radical (unpaired) electrons. The largest absolute Gasteiger partial charge is 0.444 e.